The summed E-state index contributed by atoms with van der Waals surface area (Å²) in [6.07, 6.45) is 4.46. The maximum atomic E-state index is 10.1. The Hall–Kier alpha value is -1.57. The van der Waals surface area contributed by atoms with E-state index in [1.165, 1.54) is 12.8 Å². The molecule has 0 aliphatic rings. The van der Waals surface area contributed by atoms with E-state index in [1.54, 1.807) is 0 Å². The number of hydrogen-bond donors (Lipinski definition) is 1. The first kappa shape index (κ1) is 11.9. The molecule has 0 atom stereocenters. The summed E-state index contributed by atoms with van der Waals surface area (Å²) >= 11 is 0. The number of aromatic nitrogens is 1. The number of nitrogens with zero attached hydrogens (tertiary/aromatic N) is 1. The monoisotopic (exact) mass is 229 g/mol. The number of benzene rings is 1. The first-order valence-corrected chi connectivity index (χ1v) is 6.31. The standard InChI is InChI=1S/C15H19NO/c1-3-4-5-9-13-12-8-6-7-10-14(12)16-11(2)15(13)17/h6-8,10,17H,3-5,9H2,1-2H3. The fourth-order valence-corrected chi connectivity index (χ4v) is 2.21. The number of unbranched alkanes of at least 4 members (excludes halogenated alkanes) is 2. The van der Waals surface area contributed by atoms with E-state index in [-0.39, 0.29) is 0 Å². The summed E-state index contributed by atoms with van der Waals surface area (Å²) in [4.78, 5) is 4.41. The number of aryl methyl sites for hydroxylation is 2. The average Bonchev–Trinajstić information content (AvgIpc) is 2.34. The zero-order chi connectivity index (χ0) is 12.3. The van der Waals surface area contributed by atoms with Gasteiger partial charge < -0.3 is 5.11 Å². The minimum atomic E-state index is 0.375. The SMILES string of the molecule is CCCCCc1c(O)c(C)nc2ccccc12. The summed E-state index contributed by atoms with van der Waals surface area (Å²) in [6.45, 7) is 4.06. The van der Waals surface area contributed by atoms with E-state index in [0.717, 1.165) is 35.0 Å². The lowest BCUT2D eigenvalue weighted by atomic mass is 10.0. The van der Waals surface area contributed by atoms with Gasteiger partial charge in [-0.25, -0.2) is 4.98 Å². The summed E-state index contributed by atoms with van der Waals surface area (Å²) in [5.41, 5.74) is 2.77. The van der Waals surface area contributed by atoms with Gasteiger partial charge in [0.25, 0.3) is 0 Å². The predicted molar refractivity (Wildman–Crippen MR) is 71.4 cm³/mol. The molecule has 2 nitrogen and oxygen atoms in total. The zero-order valence-electron chi connectivity index (χ0n) is 10.5. The Kier molecular flexibility index (Phi) is 3.62. The number of rotatable bonds is 4. The molecule has 0 saturated heterocycles. The topological polar surface area (TPSA) is 33.1 Å². The molecular weight excluding hydrogens is 210 g/mol. The van der Waals surface area contributed by atoms with Crippen LogP contribution in [0.15, 0.2) is 24.3 Å². The van der Waals surface area contributed by atoms with Crippen LogP contribution < -0.4 is 0 Å². The first-order valence-electron chi connectivity index (χ1n) is 6.31. The first-order chi connectivity index (χ1) is 8.24. The highest BCUT2D eigenvalue weighted by Gasteiger charge is 2.10. The predicted octanol–water partition coefficient (Wildman–Crippen LogP) is 3.98. The molecule has 0 unspecified atom stereocenters. The summed E-state index contributed by atoms with van der Waals surface area (Å²) in [6, 6.07) is 8.04. The van der Waals surface area contributed by atoms with Crippen molar-refractivity contribution < 1.29 is 5.11 Å². The minimum Gasteiger partial charge on any atom is -0.506 e. The van der Waals surface area contributed by atoms with Gasteiger partial charge in [0.1, 0.15) is 5.75 Å². The molecule has 0 radical (unpaired) electrons. The van der Waals surface area contributed by atoms with Crippen molar-refractivity contribution in [2.24, 2.45) is 0 Å². The maximum Gasteiger partial charge on any atom is 0.140 e. The molecule has 90 valence electrons. The molecule has 0 fully saturated rings. The van der Waals surface area contributed by atoms with E-state index in [4.69, 9.17) is 0 Å². The van der Waals surface area contributed by atoms with Gasteiger partial charge in [0.05, 0.1) is 11.2 Å². The van der Waals surface area contributed by atoms with Crippen LogP contribution in [0.25, 0.3) is 10.9 Å². The van der Waals surface area contributed by atoms with Gasteiger partial charge in [0.15, 0.2) is 0 Å². The van der Waals surface area contributed by atoms with Crippen molar-refractivity contribution in [2.75, 3.05) is 0 Å². The van der Waals surface area contributed by atoms with E-state index >= 15 is 0 Å². The largest absolute Gasteiger partial charge is 0.506 e. The van der Waals surface area contributed by atoms with Crippen LogP contribution in [0.3, 0.4) is 0 Å². The highest BCUT2D eigenvalue weighted by atomic mass is 16.3. The number of hydrogen-bond acceptors (Lipinski definition) is 2. The van der Waals surface area contributed by atoms with Gasteiger partial charge in [-0.1, -0.05) is 38.0 Å². The summed E-state index contributed by atoms with van der Waals surface area (Å²) < 4.78 is 0. The van der Waals surface area contributed by atoms with Crippen LogP contribution in [0, 0.1) is 6.92 Å². The molecule has 0 spiro atoms. The second-order valence-corrected chi connectivity index (χ2v) is 4.50. The Balaban J connectivity index is 2.46. The second-order valence-electron chi connectivity index (χ2n) is 4.50. The Labute approximate surface area is 102 Å². The van der Waals surface area contributed by atoms with E-state index in [9.17, 15) is 5.11 Å². The minimum absolute atomic E-state index is 0.375. The van der Waals surface area contributed by atoms with Crippen molar-refractivity contribution in [1.82, 2.24) is 4.98 Å². The normalized spacial score (nSPS) is 10.9. The van der Waals surface area contributed by atoms with Crippen LogP contribution in [0.1, 0.15) is 37.4 Å². The van der Waals surface area contributed by atoms with Gasteiger partial charge >= 0.3 is 0 Å². The fourth-order valence-electron chi connectivity index (χ4n) is 2.21. The number of para-hydroxylation sites is 1. The maximum absolute atomic E-state index is 10.1. The van der Waals surface area contributed by atoms with Crippen LogP contribution in [0.4, 0.5) is 0 Å². The Bertz CT molecular complexity index is 520. The van der Waals surface area contributed by atoms with Crippen LogP contribution >= 0.6 is 0 Å². The van der Waals surface area contributed by atoms with Crippen molar-refractivity contribution in [3.63, 3.8) is 0 Å². The fraction of sp³-hybridized carbons (Fsp3) is 0.400. The smallest absolute Gasteiger partial charge is 0.140 e. The van der Waals surface area contributed by atoms with Gasteiger partial charge in [-0.3, -0.25) is 0 Å². The third kappa shape index (κ3) is 2.41. The van der Waals surface area contributed by atoms with Crippen LogP contribution in [-0.4, -0.2) is 10.1 Å². The number of aromatic hydroxyl groups is 1. The van der Waals surface area contributed by atoms with Crippen LogP contribution in [0.2, 0.25) is 0 Å². The molecule has 0 aliphatic heterocycles. The van der Waals surface area contributed by atoms with E-state index in [2.05, 4.69) is 11.9 Å². The van der Waals surface area contributed by atoms with Crippen molar-refractivity contribution >= 4 is 10.9 Å². The van der Waals surface area contributed by atoms with E-state index < -0.39 is 0 Å². The molecule has 2 aromatic rings. The lowest BCUT2D eigenvalue weighted by Crippen LogP contribution is -1.94. The molecule has 1 heterocycles. The number of fused-ring (bicyclic) bond motifs is 1. The molecular formula is C15H19NO. The molecule has 1 aromatic heterocycles. The highest BCUT2D eigenvalue weighted by Crippen LogP contribution is 2.29. The number of pyridine rings is 1. The lowest BCUT2D eigenvalue weighted by Gasteiger charge is -2.10. The Morgan fingerprint density at radius 2 is 1.94 bits per heavy atom. The zero-order valence-corrected chi connectivity index (χ0v) is 10.5. The van der Waals surface area contributed by atoms with Crippen molar-refractivity contribution in [1.29, 1.82) is 0 Å². The molecule has 1 N–H and O–H groups in total. The summed E-state index contributed by atoms with van der Waals surface area (Å²) in [5.74, 6) is 0.375. The van der Waals surface area contributed by atoms with Gasteiger partial charge in [-0.15, -0.1) is 0 Å². The van der Waals surface area contributed by atoms with Crippen molar-refractivity contribution in [3.8, 4) is 5.75 Å². The molecule has 0 aliphatic carbocycles. The van der Waals surface area contributed by atoms with Crippen LogP contribution in [-0.2, 0) is 6.42 Å². The van der Waals surface area contributed by atoms with Gasteiger partial charge in [0, 0.05) is 10.9 Å². The Morgan fingerprint density at radius 1 is 1.18 bits per heavy atom. The molecule has 0 saturated carbocycles. The molecule has 1 aromatic carbocycles. The van der Waals surface area contributed by atoms with Gasteiger partial charge in [-0.2, -0.15) is 0 Å². The molecule has 0 bridgehead atoms. The van der Waals surface area contributed by atoms with E-state index in [1.807, 2.05) is 31.2 Å². The quantitative estimate of drug-likeness (QED) is 0.804. The third-order valence-electron chi connectivity index (χ3n) is 3.18. The molecule has 0 amide bonds. The average molecular weight is 229 g/mol. The summed E-state index contributed by atoms with van der Waals surface area (Å²) in [7, 11) is 0. The van der Waals surface area contributed by atoms with E-state index in [0.29, 0.717) is 5.75 Å². The third-order valence-corrected chi connectivity index (χ3v) is 3.18. The molecule has 2 heteroatoms. The van der Waals surface area contributed by atoms with Crippen LogP contribution in [0.5, 0.6) is 5.75 Å². The summed E-state index contributed by atoms with van der Waals surface area (Å²) in [5, 5.41) is 11.2. The molecule has 17 heavy (non-hydrogen) atoms. The second kappa shape index (κ2) is 5.17. The Morgan fingerprint density at radius 3 is 2.71 bits per heavy atom. The highest BCUT2D eigenvalue weighted by molar-refractivity contribution is 5.84. The lowest BCUT2D eigenvalue weighted by molar-refractivity contribution is 0.460. The van der Waals surface area contributed by atoms with Crippen molar-refractivity contribution in [2.45, 2.75) is 39.5 Å². The van der Waals surface area contributed by atoms with Gasteiger partial charge in [-0.05, 0) is 25.8 Å². The van der Waals surface area contributed by atoms with Gasteiger partial charge in [0.2, 0.25) is 0 Å². The molecule has 2 rings (SSSR count). The van der Waals surface area contributed by atoms with Crippen molar-refractivity contribution in [3.05, 3.63) is 35.5 Å².